The van der Waals surface area contributed by atoms with E-state index in [4.69, 9.17) is 17.3 Å². The lowest BCUT2D eigenvalue weighted by Crippen LogP contribution is -2.16. The second kappa shape index (κ2) is 4.80. The molecule has 17 heavy (non-hydrogen) atoms. The van der Waals surface area contributed by atoms with E-state index in [0.29, 0.717) is 16.5 Å². The average Bonchev–Trinajstić information content (AvgIpc) is 2.29. The lowest BCUT2D eigenvalue weighted by molar-refractivity contribution is 0.0996. The van der Waals surface area contributed by atoms with Crippen LogP contribution in [0.4, 0.5) is 11.5 Å². The highest BCUT2D eigenvalue weighted by molar-refractivity contribution is 6.30. The maximum Gasteiger partial charge on any atom is 0.271 e. The predicted molar refractivity (Wildman–Crippen MR) is 65.3 cm³/mol. The van der Waals surface area contributed by atoms with Crippen LogP contribution in [0.5, 0.6) is 0 Å². The van der Waals surface area contributed by atoms with Crippen molar-refractivity contribution in [2.75, 3.05) is 5.32 Å². The zero-order chi connectivity index (χ0) is 12.3. The third kappa shape index (κ3) is 2.70. The maximum atomic E-state index is 11.1. The molecule has 5 nitrogen and oxygen atoms in total. The third-order valence-corrected chi connectivity index (χ3v) is 2.25. The lowest BCUT2D eigenvalue weighted by Gasteiger charge is -2.07. The summed E-state index contributed by atoms with van der Waals surface area (Å²) in [6, 6.07) is 7.04. The van der Waals surface area contributed by atoms with Crippen LogP contribution >= 0.6 is 11.6 Å². The van der Waals surface area contributed by atoms with E-state index in [1.54, 1.807) is 24.3 Å². The molecule has 3 N–H and O–H groups in total. The number of carbonyl (C=O) groups excluding carboxylic acids is 1. The fourth-order valence-electron chi connectivity index (χ4n) is 1.31. The highest BCUT2D eigenvalue weighted by Crippen LogP contribution is 2.19. The smallest absolute Gasteiger partial charge is 0.271 e. The molecular formula is C11H9ClN4O. The molecular weight excluding hydrogens is 240 g/mol. The minimum Gasteiger partial charge on any atom is -0.364 e. The SMILES string of the molecule is NC(=O)c1nccnc1Nc1cccc(Cl)c1. The van der Waals surface area contributed by atoms with Gasteiger partial charge in [-0.25, -0.2) is 9.97 Å². The topological polar surface area (TPSA) is 80.9 Å². The summed E-state index contributed by atoms with van der Waals surface area (Å²) in [5.41, 5.74) is 5.99. The summed E-state index contributed by atoms with van der Waals surface area (Å²) >= 11 is 5.85. The van der Waals surface area contributed by atoms with Crippen LogP contribution in [0.1, 0.15) is 10.5 Å². The minimum absolute atomic E-state index is 0.0903. The standard InChI is InChI=1S/C11H9ClN4O/c12-7-2-1-3-8(6-7)16-11-9(10(13)17)14-4-5-15-11/h1-6H,(H2,13,17)(H,15,16). The Labute approximate surface area is 103 Å². The van der Waals surface area contributed by atoms with Crippen LogP contribution in [0.2, 0.25) is 5.02 Å². The van der Waals surface area contributed by atoms with Crippen LogP contribution in [-0.2, 0) is 0 Å². The zero-order valence-corrected chi connectivity index (χ0v) is 9.48. The van der Waals surface area contributed by atoms with Gasteiger partial charge in [0.1, 0.15) is 0 Å². The molecule has 6 heteroatoms. The fourth-order valence-corrected chi connectivity index (χ4v) is 1.50. The molecule has 86 valence electrons. The van der Waals surface area contributed by atoms with Crippen molar-refractivity contribution in [1.82, 2.24) is 9.97 Å². The highest BCUT2D eigenvalue weighted by atomic mass is 35.5. The molecule has 0 radical (unpaired) electrons. The molecule has 2 aromatic rings. The van der Waals surface area contributed by atoms with E-state index < -0.39 is 5.91 Å². The van der Waals surface area contributed by atoms with Crippen molar-refractivity contribution in [2.45, 2.75) is 0 Å². The summed E-state index contributed by atoms with van der Waals surface area (Å²) in [6.45, 7) is 0. The van der Waals surface area contributed by atoms with Gasteiger partial charge in [0, 0.05) is 23.1 Å². The number of hydrogen-bond donors (Lipinski definition) is 2. The number of nitrogens with zero attached hydrogens (tertiary/aromatic N) is 2. The van der Waals surface area contributed by atoms with Crippen molar-refractivity contribution in [3.63, 3.8) is 0 Å². The summed E-state index contributed by atoms with van der Waals surface area (Å²) in [5, 5.41) is 3.52. The van der Waals surface area contributed by atoms with Gasteiger partial charge in [0.05, 0.1) is 0 Å². The number of hydrogen-bond acceptors (Lipinski definition) is 4. The first-order valence-electron chi connectivity index (χ1n) is 4.80. The van der Waals surface area contributed by atoms with Crippen LogP contribution in [-0.4, -0.2) is 15.9 Å². The Morgan fingerprint density at radius 1 is 1.29 bits per heavy atom. The van der Waals surface area contributed by atoms with Crippen LogP contribution in [0, 0.1) is 0 Å². The molecule has 0 bridgehead atoms. The average molecular weight is 249 g/mol. The largest absolute Gasteiger partial charge is 0.364 e. The second-order valence-corrected chi connectivity index (χ2v) is 3.69. The number of benzene rings is 1. The summed E-state index contributed by atoms with van der Waals surface area (Å²) in [6.07, 6.45) is 2.88. The molecule has 1 aromatic carbocycles. The van der Waals surface area contributed by atoms with Crippen molar-refractivity contribution in [3.8, 4) is 0 Å². The third-order valence-electron chi connectivity index (χ3n) is 2.02. The summed E-state index contributed by atoms with van der Waals surface area (Å²) < 4.78 is 0. The Hall–Kier alpha value is -2.14. The number of carbonyl (C=O) groups is 1. The molecule has 0 unspecified atom stereocenters. The van der Waals surface area contributed by atoms with Crippen LogP contribution in [0.3, 0.4) is 0 Å². The van der Waals surface area contributed by atoms with Crippen molar-refractivity contribution in [2.24, 2.45) is 5.73 Å². The Morgan fingerprint density at radius 2 is 2.06 bits per heavy atom. The molecule has 1 aromatic heterocycles. The lowest BCUT2D eigenvalue weighted by atomic mass is 10.3. The van der Waals surface area contributed by atoms with Crippen molar-refractivity contribution >= 4 is 29.0 Å². The monoisotopic (exact) mass is 248 g/mol. The van der Waals surface area contributed by atoms with Gasteiger partial charge in [-0.1, -0.05) is 17.7 Å². The number of nitrogens with one attached hydrogen (secondary N) is 1. The van der Waals surface area contributed by atoms with E-state index in [-0.39, 0.29) is 5.69 Å². The quantitative estimate of drug-likeness (QED) is 0.870. The molecule has 0 atom stereocenters. The van der Waals surface area contributed by atoms with E-state index >= 15 is 0 Å². The molecule has 0 spiro atoms. The molecule has 0 fully saturated rings. The van der Waals surface area contributed by atoms with Crippen molar-refractivity contribution in [1.29, 1.82) is 0 Å². The highest BCUT2D eigenvalue weighted by Gasteiger charge is 2.10. The summed E-state index contributed by atoms with van der Waals surface area (Å²) in [4.78, 5) is 19.0. The second-order valence-electron chi connectivity index (χ2n) is 3.25. The number of anilines is 2. The van der Waals surface area contributed by atoms with Gasteiger partial charge in [-0.05, 0) is 18.2 Å². The van der Waals surface area contributed by atoms with Gasteiger partial charge < -0.3 is 11.1 Å². The number of primary amides is 1. The number of halogens is 1. The minimum atomic E-state index is -0.636. The van der Waals surface area contributed by atoms with E-state index in [1.165, 1.54) is 12.4 Å². The van der Waals surface area contributed by atoms with Crippen LogP contribution in [0.15, 0.2) is 36.7 Å². The van der Waals surface area contributed by atoms with Crippen molar-refractivity contribution < 1.29 is 4.79 Å². The Balaban J connectivity index is 2.33. The molecule has 0 aliphatic rings. The van der Waals surface area contributed by atoms with Gasteiger partial charge in [0.15, 0.2) is 11.5 Å². The molecule has 0 aliphatic heterocycles. The Morgan fingerprint density at radius 3 is 2.76 bits per heavy atom. The predicted octanol–water partition coefficient (Wildman–Crippen LogP) is 1.97. The van der Waals surface area contributed by atoms with Crippen LogP contribution < -0.4 is 11.1 Å². The van der Waals surface area contributed by atoms with Gasteiger partial charge in [-0.3, -0.25) is 4.79 Å². The Bertz CT molecular complexity index is 559. The zero-order valence-electron chi connectivity index (χ0n) is 8.72. The number of nitrogens with two attached hydrogens (primary N) is 1. The molecule has 0 saturated carbocycles. The van der Waals surface area contributed by atoms with Gasteiger partial charge in [0.2, 0.25) is 0 Å². The molecule has 1 heterocycles. The van der Waals surface area contributed by atoms with Gasteiger partial charge in [0.25, 0.3) is 5.91 Å². The van der Waals surface area contributed by atoms with E-state index in [1.807, 2.05) is 0 Å². The molecule has 2 rings (SSSR count). The molecule has 0 saturated heterocycles. The summed E-state index contributed by atoms with van der Waals surface area (Å²) in [5.74, 6) is -0.329. The van der Waals surface area contributed by atoms with Gasteiger partial charge in [-0.2, -0.15) is 0 Å². The van der Waals surface area contributed by atoms with Gasteiger partial charge in [-0.15, -0.1) is 0 Å². The number of aromatic nitrogens is 2. The normalized spacial score (nSPS) is 9.94. The summed E-state index contributed by atoms with van der Waals surface area (Å²) in [7, 11) is 0. The molecule has 0 aliphatic carbocycles. The first-order valence-corrected chi connectivity index (χ1v) is 5.18. The fraction of sp³-hybridized carbons (Fsp3) is 0. The van der Waals surface area contributed by atoms with E-state index in [9.17, 15) is 4.79 Å². The van der Waals surface area contributed by atoms with E-state index in [2.05, 4.69) is 15.3 Å². The van der Waals surface area contributed by atoms with E-state index in [0.717, 1.165) is 0 Å². The molecule has 1 amide bonds. The number of rotatable bonds is 3. The van der Waals surface area contributed by atoms with Crippen LogP contribution in [0.25, 0.3) is 0 Å². The first kappa shape index (κ1) is 11.3. The first-order chi connectivity index (χ1) is 8.16. The van der Waals surface area contributed by atoms with Crippen molar-refractivity contribution in [3.05, 3.63) is 47.4 Å². The maximum absolute atomic E-state index is 11.1. The van der Waals surface area contributed by atoms with Gasteiger partial charge >= 0.3 is 0 Å². The Kier molecular flexibility index (Phi) is 3.20. The number of amides is 1.